The number of hydrogen-bond donors (Lipinski definition) is 0. The molecule has 130 valence electrons. The molecule has 2 fully saturated rings. The third kappa shape index (κ3) is 3.38. The summed E-state index contributed by atoms with van der Waals surface area (Å²) >= 11 is 1.81. The van der Waals surface area contributed by atoms with E-state index in [1.54, 1.807) is 0 Å². The topological polar surface area (TPSA) is 50.1 Å². The van der Waals surface area contributed by atoms with Crippen LogP contribution in [-0.4, -0.2) is 55.7 Å². The van der Waals surface area contributed by atoms with Gasteiger partial charge in [0.15, 0.2) is 0 Å². The SMILES string of the molecule is Cc1ncc(CN2CC[C@H](N(C)Cc3nnc(C4CC4)n3C)C2)s1. The Morgan fingerprint density at radius 3 is 2.83 bits per heavy atom. The Balaban J connectivity index is 1.33. The van der Waals surface area contributed by atoms with Crippen molar-refractivity contribution in [1.29, 1.82) is 0 Å². The second-order valence-corrected chi connectivity index (χ2v) is 8.57. The van der Waals surface area contributed by atoms with E-state index < -0.39 is 0 Å². The molecule has 0 N–H and O–H groups in total. The minimum absolute atomic E-state index is 0.597. The fourth-order valence-electron chi connectivity index (χ4n) is 3.58. The van der Waals surface area contributed by atoms with Gasteiger partial charge in [0.1, 0.15) is 11.6 Å². The Hall–Kier alpha value is -1.31. The molecule has 3 heterocycles. The maximum Gasteiger partial charge on any atom is 0.146 e. The summed E-state index contributed by atoms with van der Waals surface area (Å²) < 4.78 is 2.21. The minimum Gasteiger partial charge on any atom is -0.317 e. The first kappa shape index (κ1) is 16.2. The van der Waals surface area contributed by atoms with Crippen molar-refractivity contribution < 1.29 is 0 Å². The lowest BCUT2D eigenvalue weighted by atomic mass is 10.2. The van der Waals surface area contributed by atoms with E-state index in [0.29, 0.717) is 12.0 Å². The molecule has 0 bridgehead atoms. The zero-order valence-electron chi connectivity index (χ0n) is 14.8. The van der Waals surface area contributed by atoms with Crippen LogP contribution in [0.3, 0.4) is 0 Å². The van der Waals surface area contributed by atoms with Gasteiger partial charge in [-0.2, -0.15) is 0 Å². The Kier molecular flexibility index (Phi) is 4.40. The monoisotopic (exact) mass is 346 g/mol. The highest BCUT2D eigenvalue weighted by atomic mass is 32.1. The molecule has 24 heavy (non-hydrogen) atoms. The fourth-order valence-corrected chi connectivity index (χ4v) is 4.41. The van der Waals surface area contributed by atoms with Crippen LogP contribution in [0.4, 0.5) is 0 Å². The number of rotatable bonds is 6. The molecule has 1 aliphatic carbocycles. The molecule has 0 unspecified atom stereocenters. The minimum atomic E-state index is 0.597. The molecule has 4 rings (SSSR count). The molecule has 2 aliphatic rings. The molecule has 2 aromatic rings. The molecule has 0 aromatic carbocycles. The molecular formula is C17H26N6S. The van der Waals surface area contributed by atoms with Gasteiger partial charge in [-0.3, -0.25) is 9.80 Å². The van der Waals surface area contributed by atoms with Crippen LogP contribution >= 0.6 is 11.3 Å². The highest BCUT2D eigenvalue weighted by Crippen LogP contribution is 2.38. The van der Waals surface area contributed by atoms with E-state index in [0.717, 1.165) is 37.0 Å². The van der Waals surface area contributed by atoms with Gasteiger partial charge in [-0.25, -0.2) is 4.98 Å². The molecule has 6 nitrogen and oxygen atoms in total. The van der Waals surface area contributed by atoms with Crippen molar-refractivity contribution in [1.82, 2.24) is 29.5 Å². The number of thiazole rings is 1. The predicted molar refractivity (Wildman–Crippen MR) is 95.0 cm³/mol. The van der Waals surface area contributed by atoms with Crippen molar-refractivity contribution >= 4 is 11.3 Å². The summed E-state index contributed by atoms with van der Waals surface area (Å²) in [6.45, 7) is 6.28. The summed E-state index contributed by atoms with van der Waals surface area (Å²) in [5.74, 6) is 2.93. The largest absolute Gasteiger partial charge is 0.317 e. The quantitative estimate of drug-likeness (QED) is 0.802. The Morgan fingerprint density at radius 2 is 2.12 bits per heavy atom. The van der Waals surface area contributed by atoms with Crippen molar-refractivity contribution in [2.45, 2.75) is 51.2 Å². The van der Waals surface area contributed by atoms with Crippen LogP contribution in [0.5, 0.6) is 0 Å². The van der Waals surface area contributed by atoms with Gasteiger partial charge in [0.25, 0.3) is 0 Å². The van der Waals surface area contributed by atoms with Gasteiger partial charge in [-0.1, -0.05) is 0 Å². The molecular weight excluding hydrogens is 320 g/mol. The Labute approximate surface area is 147 Å². The molecule has 1 atom stereocenters. The van der Waals surface area contributed by atoms with Gasteiger partial charge >= 0.3 is 0 Å². The van der Waals surface area contributed by atoms with Crippen LogP contribution in [-0.2, 0) is 20.1 Å². The first-order valence-corrected chi connectivity index (χ1v) is 9.64. The van der Waals surface area contributed by atoms with Gasteiger partial charge in [0, 0.05) is 49.7 Å². The molecule has 0 radical (unpaired) electrons. The van der Waals surface area contributed by atoms with E-state index in [9.17, 15) is 0 Å². The van der Waals surface area contributed by atoms with E-state index in [1.165, 1.54) is 30.0 Å². The summed E-state index contributed by atoms with van der Waals surface area (Å²) in [4.78, 5) is 10.7. The normalized spacial score (nSPS) is 21.9. The number of aryl methyl sites for hydroxylation is 1. The Bertz CT molecular complexity index is 704. The molecule has 7 heteroatoms. The third-order valence-electron chi connectivity index (χ3n) is 5.25. The molecule has 0 amide bonds. The summed E-state index contributed by atoms with van der Waals surface area (Å²) in [7, 11) is 4.33. The van der Waals surface area contributed by atoms with Crippen LogP contribution in [0.25, 0.3) is 0 Å². The predicted octanol–water partition coefficient (Wildman–Crippen LogP) is 2.16. The maximum absolute atomic E-state index is 4.43. The summed E-state index contributed by atoms with van der Waals surface area (Å²) in [5, 5.41) is 9.99. The number of aromatic nitrogens is 4. The number of likely N-dealkylation sites (N-methyl/N-ethyl adjacent to an activating group) is 1. The molecule has 2 aromatic heterocycles. The maximum atomic E-state index is 4.43. The van der Waals surface area contributed by atoms with Gasteiger partial charge in [-0.05, 0) is 33.2 Å². The van der Waals surface area contributed by atoms with Crippen molar-refractivity contribution in [2.75, 3.05) is 20.1 Å². The molecule has 1 saturated heterocycles. The average Bonchev–Trinajstić information content (AvgIpc) is 2.96. The third-order valence-corrected chi connectivity index (χ3v) is 6.15. The fraction of sp³-hybridized carbons (Fsp3) is 0.706. The van der Waals surface area contributed by atoms with Crippen LogP contribution < -0.4 is 0 Å². The lowest BCUT2D eigenvalue weighted by Crippen LogP contribution is -2.34. The summed E-state index contributed by atoms with van der Waals surface area (Å²) in [6.07, 6.45) is 5.80. The van der Waals surface area contributed by atoms with Gasteiger partial charge < -0.3 is 4.57 Å². The average molecular weight is 347 g/mol. The lowest BCUT2D eigenvalue weighted by Gasteiger charge is -2.24. The lowest BCUT2D eigenvalue weighted by molar-refractivity contribution is 0.217. The van der Waals surface area contributed by atoms with E-state index in [4.69, 9.17) is 0 Å². The Morgan fingerprint density at radius 1 is 1.29 bits per heavy atom. The van der Waals surface area contributed by atoms with E-state index in [1.807, 2.05) is 17.5 Å². The first-order valence-electron chi connectivity index (χ1n) is 8.82. The van der Waals surface area contributed by atoms with Crippen molar-refractivity contribution in [2.24, 2.45) is 7.05 Å². The molecule has 1 aliphatic heterocycles. The van der Waals surface area contributed by atoms with Gasteiger partial charge in [-0.15, -0.1) is 21.5 Å². The zero-order chi connectivity index (χ0) is 16.7. The van der Waals surface area contributed by atoms with Gasteiger partial charge in [0.05, 0.1) is 11.6 Å². The van der Waals surface area contributed by atoms with Crippen LogP contribution in [0.1, 0.15) is 46.7 Å². The molecule has 1 saturated carbocycles. The molecule has 0 spiro atoms. The van der Waals surface area contributed by atoms with Crippen LogP contribution in [0.2, 0.25) is 0 Å². The smallest absolute Gasteiger partial charge is 0.146 e. The van der Waals surface area contributed by atoms with Crippen LogP contribution in [0.15, 0.2) is 6.20 Å². The van der Waals surface area contributed by atoms with E-state index in [-0.39, 0.29) is 0 Å². The van der Waals surface area contributed by atoms with Crippen molar-refractivity contribution in [3.05, 3.63) is 27.7 Å². The summed E-state index contributed by atoms with van der Waals surface area (Å²) in [5.41, 5.74) is 0. The summed E-state index contributed by atoms with van der Waals surface area (Å²) in [6, 6.07) is 0.597. The highest BCUT2D eigenvalue weighted by Gasteiger charge is 2.30. The number of hydrogen-bond acceptors (Lipinski definition) is 6. The van der Waals surface area contributed by atoms with E-state index >= 15 is 0 Å². The van der Waals surface area contributed by atoms with Crippen molar-refractivity contribution in [3.63, 3.8) is 0 Å². The number of likely N-dealkylation sites (tertiary alicyclic amines) is 1. The zero-order valence-corrected chi connectivity index (χ0v) is 15.6. The second-order valence-electron chi connectivity index (χ2n) is 7.25. The standard InChI is InChI=1S/C17H26N6S/c1-12-18-8-15(24-12)10-23-7-6-14(9-23)21(2)11-16-19-20-17(22(16)3)13-4-5-13/h8,13-14H,4-7,9-11H2,1-3H3/t14-/m0/s1. The first-order chi connectivity index (χ1) is 11.6. The highest BCUT2D eigenvalue weighted by molar-refractivity contribution is 7.11. The second kappa shape index (κ2) is 6.54. The number of nitrogens with zero attached hydrogens (tertiary/aromatic N) is 6. The van der Waals surface area contributed by atoms with Gasteiger partial charge in [0.2, 0.25) is 0 Å². The van der Waals surface area contributed by atoms with Crippen molar-refractivity contribution in [3.8, 4) is 0 Å². The van der Waals surface area contributed by atoms with E-state index in [2.05, 4.69) is 50.6 Å². The van der Waals surface area contributed by atoms with Crippen LogP contribution in [0, 0.1) is 6.92 Å².